The van der Waals surface area contributed by atoms with Crippen LogP contribution in [0.4, 0.5) is 13.2 Å². The summed E-state index contributed by atoms with van der Waals surface area (Å²) in [6, 6.07) is 4.32. The number of hydrogen-bond acceptors (Lipinski definition) is 3. The van der Waals surface area contributed by atoms with Crippen LogP contribution in [0, 0.1) is 5.82 Å². The first-order chi connectivity index (χ1) is 8.65. The monoisotopic (exact) mass is 263 g/mol. The summed E-state index contributed by atoms with van der Waals surface area (Å²) >= 11 is 0. The lowest BCUT2D eigenvalue weighted by Gasteiger charge is -2.12. The minimum absolute atomic E-state index is 0.122. The van der Waals surface area contributed by atoms with Gasteiger partial charge < -0.3 is 14.8 Å². The Balaban J connectivity index is 2.61. The fraction of sp³-hybridized carbons (Fsp3) is 0.500. The molecule has 0 aliphatic rings. The van der Waals surface area contributed by atoms with Gasteiger partial charge in [0.1, 0.15) is 6.61 Å². The van der Waals surface area contributed by atoms with E-state index in [1.54, 1.807) is 13.2 Å². The molecule has 0 saturated carbocycles. The van der Waals surface area contributed by atoms with Gasteiger partial charge in [0.15, 0.2) is 11.6 Å². The third kappa shape index (κ3) is 4.93. The van der Waals surface area contributed by atoms with Crippen molar-refractivity contribution in [3.8, 4) is 5.75 Å². The molecule has 0 aromatic heterocycles. The molecule has 0 spiro atoms. The van der Waals surface area contributed by atoms with Gasteiger partial charge in [-0.1, -0.05) is 12.1 Å². The van der Waals surface area contributed by atoms with E-state index in [0.717, 1.165) is 0 Å². The molecule has 18 heavy (non-hydrogen) atoms. The highest BCUT2D eigenvalue weighted by atomic mass is 19.3. The van der Waals surface area contributed by atoms with Crippen LogP contribution in [0.3, 0.4) is 0 Å². The summed E-state index contributed by atoms with van der Waals surface area (Å²) in [7, 11) is 1.57. The molecule has 102 valence electrons. The highest BCUT2D eigenvalue weighted by Crippen LogP contribution is 2.23. The van der Waals surface area contributed by atoms with Crippen LogP contribution in [0.25, 0.3) is 0 Å². The molecule has 6 heteroatoms. The zero-order valence-corrected chi connectivity index (χ0v) is 10.1. The number of halogens is 3. The van der Waals surface area contributed by atoms with Gasteiger partial charge in [0.2, 0.25) is 0 Å². The van der Waals surface area contributed by atoms with Crippen molar-refractivity contribution in [1.82, 2.24) is 5.32 Å². The molecule has 0 atom stereocenters. The van der Waals surface area contributed by atoms with Crippen molar-refractivity contribution in [3.05, 3.63) is 29.6 Å². The van der Waals surface area contributed by atoms with Gasteiger partial charge in [0.25, 0.3) is 6.43 Å². The van der Waals surface area contributed by atoms with Gasteiger partial charge in [-0.15, -0.1) is 0 Å². The molecule has 0 amide bonds. The molecule has 1 aromatic rings. The van der Waals surface area contributed by atoms with Gasteiger partial charge in [0.05, 0.1) is 6.61 Å². The molecule has 0 radical (unpaired) electrons. The average molecular weight is 263 g/mol. The Kier molecular flexibility index (Phi) is 6.53. The van der Waals surface area contributed by atoms with Crippen LogP contribution >= 0.6 is 0 Å². The van der Waals surface area contributed by atoms with E-state index in [-0.39, 0.29) is 5.75 Å². The Hall–Kier alpha value is -1.27. The number of nitrogens with one attached hydrogen (secondary N) is 1. The number of methoxy groups -OCH3 is 1. The maximum absolute atomic E-state index is 13.5. The van der Waals surface area contributed by atoms with E-state index in [4.69, 9.17) is 9.47 Å². The third-order valence-electron chi connectivity index (χ3n) is 2.20. The number of ether oxygens (including phenoxy) is 2. The van der Waals surface area contributed by atoms with Gasteiger partial charge in [0, 0.05) is 25.8 Å². The molecule has 0 unspecified atom stereocenters. The summed E-state index contributed by atoms with van der Waals surface area (Å²) in [5, 5.41) is 3.00. The molecule has 1 aromatic carbocycles. The lowest BCUT2D eigenvalue weighted by Crippen LogP contribution is -2.19. The number of benzene rings is 1. The zero-order chi connectivity index (χ0) is 13.4. The maximum atomic E-state index is 13.5. The maximum Gasteiger partial charge on any atom is 0.272 e. The number of para-hydroxylation sites is 1. The Labute approximate surface area is 104 Å². The molecule has 0 heterocycles. The molecule has 1 rings (SSSR count). The molecule has 0 fully saturated rings. The quantitative estimate of drug-likeness (QED) is 0.729. The second-order valence-corrected chi connectivity index (χ2v) is 3.60. The average Bonchev–Trinajstić information content (AvgIpc) is 2.33. The molecule has 1 N–H and O–H groups in total. The third-order valence-corrected chi connectivity index (χ3v) is 2.20. The molecule has 0 saturated heterocycles. The lowest BCUT2D eigenvalue weighted by molar-refractivity contribution is 0.0793. The van der Waals surface area contributed by atoms with Crippen LogP contribution < -0.4 is 10.1 Å². The van der Waals surface area contributed by atoms with Crippen LogP contribution in [0.15, 0.2) is 18.2 Å². The van der Waals surface area contributed by atoms with E-state index in [9.17, 15) is 13.2 Å². The van der Waals surface area contributed by atoms with E-state index < -0.39 is 18.8 Å². The van der Waals surface area contributed by atoms with E-state index >= 15 is 0 Å². The Morgan fingerprint density at radius 3 is 2.78 bits per heavy atom. The van der Waals surface area contributed by atoms with Crippen molar-refractivity contribution >= 4 is 0 Å². The molecular weight excluding hydrogens is 247 g/mol. The SMILES string of the molecule is COCCNCc1cccc(F)c1OCC(F)F. The summed E-state index contributed by atoms with van der Waals surface area (Å²) in [6.07, 6.45) is -2.63. The minimum Gasteiger partial charge on any atom is -0.484 e. The van der Waals surface area contributed by atoms with Crippen LogP contribution in [-0.4, -0.2) is 33.3 Å². The smallest absolute Gasteiger partial charge is 0.272 e. The van der Waals surface area contributed by atoms with Gasteiger partial charge in [-0.25, -0.2) is 13.2 Å². The molecular formula is C12H16F3NO2. The summed E-state index contributed by atoms with van der Waals surface area (Å²) < 4.78 is 47.2. The van der Waals surface area contributed by atoms with Crippen molar-refractivity contribution < 1.29 is 22.6 Å². The van der Waals surface area contributed by atoms with Crippen molar-refractivity contribution in [2.24, 2.45) is 0 Å². The number of rotatable bonds is 8. The predicted molar refractivity (Wildman–Crippen MR) is 61.5 cm³/mol. The van der Waals surface area contributed by atoms with Crippen molar-refractivity contribution in [3.63, 3.8) is 0 Å². The molecule has 0 aliphatic carbocycles. The van der Waals surface area contributed by atoms with E-state index in [1.807, 2.05) is 0 Å². The molecule has 0 bridgehead atoms. The largest absolute Gasteiger partial charge is 0.484 e. The summed E-state index contributed by atoms with van der Waals surface area (Å²) in [5.74, 6) is -0.760. The van der Waals surface area contributed by atoms with Crippen LogP contribution in [0.1, 0.15) is 5.56 Å². The molecule has 3 nitrogen and oxygen atoms in total. The lowest BCUT2D eigenvalue weighted by atomic mass is 10.2. The number of alkyl halides is 2. The first-order valence-corrected chi connectivity index (χ1v) is 5.53. The van der Waals surface area contributed by atoms with E-state index in [2.05, 4.69) is 5.32 Å². The van der Waals surface area contributed by atoms with Gasteiger partial charge >= 0.3 is 0 Å². The normalized spacial score (nSPS) is 10.9. The van der Waals surface area contributed by atoms with Gasteiger partial charge in [-0.3, -0.25) is 0 Å². The number of hydrogen-bond donors (Lipinski definition) is 1. The zero-order valence-electron chi connectivity index (χ0n) is 10.1. The minimum atomic E-state index is -2.63. The van der Waals surface area contributed by atoms with Crippen molar-refractivity contribution in [1.29, 1.82) is 0 Å². The van der Waals surface area contributed by atoms with Crippen LogP contribution in [0.2, 0.25) is 0 Å². The molecule has 0 aliphatic heterocycles. The van der Waals surface area contributed by atoms with Crippen LogP contribution in [0.5, 0.6) is 5.75 Å². The highest BCUT2D eigenvalue weighted by Gasteiger charge is 2.12. The Morgan fingerprint density at radius 1 is 1.33 bits per heavy atom. The van der Waals surface area contributed by atoms with Gasteiger partial charge in [-0.05, 0) is 6.07 Å². The second-order valence-electron chi connectivity index (χ2n) is 3.60. The van der Waals surface area contributed by atoms with E-state index in [0.29, 0.717) is 25.3 Å². The Morgan fingerprint density at radius 2 is 2.11 bits per heavy atom. The van der Waals surface area contributed by atoms with Crippen molar-refractivity contribution in [2.75, 3.05) is 26.9 Å². The topological polar surface area (TPSA) is 30.5 Å². The van der Waals surface area contributed by atoms with Gasteiger partial charge in [-0.2, -0.15) is 0 Å². The highest BCUT2D eigenvalue weighted by molar-refractivity contribution is 5.34. The second kappa shape index (κ2) is 7.94. The predicted octanol–water partition coefficient (Wildman–Crippen LogP) is 2.21. The summed E-state index contributed by atoms with van der Waals surface area (Å²) in [5.41, 5.74) is 0.506. The standard InChI is InChI=1S/C12H16F3NO2/c1-17-6-5-16-7-9-3-2-4-10(13)12(9)18-8-11(14)15/h2-4,11,16H,5-8H2,1H3. The summed E-state index contributed by atoms with van der Waals surface area (Å²) in [4.78, 5) is 0. The summed E-state index contributed by atoms with van der Waals surface area (Å²) in [6.45, 7) is 0.621. The van der Waals surface area contributed by atoms with Crippen LogP contribution in [-0.2, 0) is 11.3 Å². The van der Waals surface area contributed by atoms with Crippen molar-refractivity contribution in [2.45, 2.75) is 13.0 Å². The Bertz CT molecular complexity index is 361. The fourth-order valence-corrected chi connectivity index (χ4v) is 1.40. The first kappa shape index (κ1) is 14.8. The fourth-order valence-electron chi connectivity index (χ4n) is 1.40. The first-order valence-electron chi connectivity index (χ1n) is 5.53. The van der Waals surface area contributed by atoms with E-state index in [1.165, 1.54) is 12.1 Å².